The standard InChI is InChI=1S/C26H22O/c1-26(2,27)25-23-19-9-5-6-10-20(19)24(25)22-14-18-12-16-8-4-3-7-15(16)11-17(18)13-21(22)23/h3-14,23-25,27H,1-2H3. The number of fused-ring (bicyclic) bond motifs is 10. The lowest BCUT2D eigenvalue weighted by Crippen LogP contribution is -2.33. The van der Waals surface area contributed by atoms with Crippen molar-refractivity contribution in [3.63, 3.8) is 0 Å². The normalized spacial score (nSPS) is 23.0. The Hall–Kier alpha value is -2.64. The molecule has 2 bridgehead atoms. The second-order valence-corrected chi connectivity index (χ2v) is 8.79. The molecule has 1 nitrogen and oxygen atoms in total. The second kappa shape index (κ2) is 4.99. The van der Waals surface area contributed by atoms with Crippen molar-refractivity contribution in [1.29, 1.82) is 0 Å². The molecule has 0 spiro atoms. The third-order valence-corrected chi connectivity index (χ3v) is 6.78. The van der Waals surface area contributed by atoms with Crippen LogP contribution in [0.1, 0.15) is 47.9 Å². The zero-order valence-electron chi connectivity index (χ0n) is 15.6. The van der Waals surface area contributed by atoms with E-state index >= 15 is 0 Å². The molecular formula is C26H22O. The molecule has 0 aromatic heterocycles. The van der Waals surface area contributed by atoms with Crippen molar-refractivity contribution in [2.24, 2.45) is 5.92 Å². The summed E-state index contributed by atoms with van der Waals surface area (Å²) in [5, 5.41) is 16.2. The lowest BCUT2D eigenvalue weighted by atomic mass is 9.79. The number of hydrogen-bond acceptors (Lipinski definition) is 1. The van der Waals surface area contributed by atoms with Crippen molar-refractivity contribution in [3.05, 3.63) is 95.1 Å². The predicted octanol–water partition coefficient (Wildman–Crippen LogP) is 5.97. The van der Waals surface area contributed by atoms with Crippen LogP contribution in [-0.2, 0) is 0 Å². The van der Waals surface area contributed by atoms with E-state index in [2.05, 4.69) is 72.8 Å². The fraction of sp³-hybridized carbons (Fsp3) is 0.231. The SMILES string of the molecule is CC(C)(O)C1C2c3ccccc3C1c1cc3cc4ccccc4cc3cc12. The van der Waals surface area contributed by atoms with E-state index in [0.29, 0.717) is 0 Å². The van der Waals surface area contributed by atoms with Crippen LogP contribution < -0.4 is 0 Å². The van der Waals surface area contributed by atoms with E-state index in [9.17, 15) is 5.11 Å². The van der Waals surface area contributed by atoms with Gasteiger partial charge in [0.25, 0.3) is 0 Å². The molecule has 2 atom stereocenters. The molecule has 1 N–H and O–H groups in total. The van der Waals surface area contributed by atoms with Crippen LogP contribution in [-0.4, -0.2) is 10.7 Å². The minimum Gasteiger partial charge on any atom is -0.390 e. The molecule has 2 unspecified atom stereocenters. The number of aliphatic hydroxyl groups is 1. The Labute approximate surface area is 159 Å². The number of benzene rings is 4. The molecule has 0 radical (unpaired) electrons. The zero-order chi connectivity index (χ0) is 18.3. The summed E-state index contributed by atoms with van der Waals surface area (Å²) in [6.45, 7) is 3.95. The molecular weight excluding hydrogens is 328 g/mol. The lowest BCUT2D eigenvalue weighted by Gasteiger charge is -2.30. The van der Waals surface area contributed by atoms with Gasteiger partial charge in [0.2, 0.25) is 0 Å². The lowest BCUT2D eigenvalue weighted by molar-refractivity contribution is 0.0132. The van der Waals surface area contributed by atoms with Gasteiger partial charge in [-0.05, 0) is 69.8 Å². The highest BCUT2D eigenvalue weighted by atomic mass is 16.3. The third kappa shape index (κ3) is 1.98. The summed E-state index contributed by atoms with van der Waals surface area (Å²) >= 11 is 0. The van der Waals surface area contributed by atoms with Crippen LogP contribution >= 0.6 is 0 Å². The average molecular weight is 350 g/mol. The first-order chi connectivity index (χ1) is 13.0. The first-order valence-electron chi connectivity index (χ1n) is 9.80. The van der Waals surface area contributed by atoms with Gasteiger partial charge in [0, 0.05) is 17.8 Å². The summed E-state index contributed by atoms with van der Waals surface area (Å²) < 4.78 is 0. The quantitative estimate of drug-likeness (QED) is 0.419. The first-order valence-corrected chi connectivity index (χ1v) is 9.80. The maximum atomic E-state index is 11.0. The molecule has 4 aromatic carbocycles. The van der Waals surface area contributed by atoms with Crippen molar-refractivity contribution in [3.8, 4) is 0 Å². The summed E-state index contributed by atoms with van der Waals surface area (Å²) in [6.07, 6.45) is 0. The van der Waals surface area contributed by atoms with E-state index < -0.39 is 5.60 Å². The van der Waals surface area contributed by atoms with Crippen LogP contribution in [0.3, 0.4) is 0 Å². The van der Waals surface area contributed by atoms with Gasteiger partial charge in [0.15, 0.2) is 0 Å². The molecule has 132 valence electrons. The fourth-order valence-electron chi connectivity index (χ4n) is 5.76. The van der Waals surface area contributed by atoms with E-state index in [0.717, 1.165) is 0 Å². The zero-order valence-corrected chi connectivity index (χ0v) is 15.6. The molecule has 27 heavy (non-hydrogen) atoms. The Kier molecular flexibility index (Phi) is 2.85. The topological polar surface area (TPSA) is 20.2 Å². The van der Waals surface area contributed by atoms with Gasteiger partial charge in [-0.2, -0.15) is 0 Å². The molecule has 4 aromatic rings. The summed E-state index contributed by atoms with van der Waals surface area (Å²) in [6, 6.07) is 26.7. The van der Waals surface area contributed by atoms with E-state index in [-0.39, 0.29) is 17.8 Å². The molecule has 6 rings (SSSR count). The first kappa shape index (κ1) is 15.4. The molecule has 0 fully saturated rings. The van der Waals surface area contributed by atoms with Crippen LogP contribution in [0.5, 0.6) is 0 Å². The average Bonchev–Trinajstić information content (AvgIpc) is 3.17. The van der Waals surface area contributed by atoms with Gasteiger partial charge in [-0.25, -0.2) is 0 Å². The van der Waals surface area contributed by atoms with Crippen molar-refractivity contribution in [2.75, 3.05) is 0 Å². The molecule has 1 heteroatoms. The molecule has 0 amide bonds. The van der Waals surface area contributed by atoms with Crippen LogP contribution in [0, 0.1) is 5.92 Å². The molecule has 0 saturated carbocycles. The van der Waals surface area contributed by atoms with Gasteiger partial charge in [-0.15, -0.1) is 0 Å². The van der Waals surface area contributed by atoms with Gasteiger partial charge in [-0.1, -0.05) is 60.7 Å². The summed E-state index contributed by atoms with van der Waals surface area (Å²) in [7, 11) is 0. The van der Waals surface area contributed by atoms with Gasteiger partial charge in [0.05, 0.1) is 5.60 Å². The van der Waals surface area contributed by atoms with Crippen LogP contribution in [0.25, 0.3) is 21.5 Å². The number of rotatable bonds is 1. The Balaban J connectivity index is 1.66. The van der Waals surface area contributed by atoms with E-state index in [1.807, 2.05) is 13.8 Å². The van der Waals surface area contributed by atoms with Gasteiger partial charge >= 0.3 is 0 Å². The molecule has 0 aliphatic heterocycles. The highest BCUT2D eigenvalue weighted by Gasteiger charge is 2.54. The van der Waals surface area contributed by atoms with Crippen LogP contribution in [0.4, 0.5) is 0 Å². The van der Waals surface area contributed by atoms with Crippen molar-refractivity contribution >= 4 is 21.5 Å². The maximum absolute atomic E-state index is 11.0. The van der Waals surface area contributed by atoms with Crippen molar-refractivity contribution < 1.29 is 5.11 Å². The van der Waals surface area contributed by atoms with E-state index in [1.165, 1.54) is 43.8 Å². The summed E-state index contributed by atoms with van der Waals surface area (Å²) in [5.41, 5.74) is 4.91. The monoisotopic (exact) mass is 350 g/mol. The maximum Gasteiger partial charge on any atom is 0.0637 e. The van der Waals surface area contributed by atoms with Crippen molar-refractivity contribution in [2.45, 2.75) is 31.3 Å². The van der Waals surface area contributed by atoms with Crippen LogP contribution in [0.15, 0.2) is 72.8 Å². The Morgan fingerprint density at radius 2 is 1.04 bits per heavy atom. The Morgan fingerprint density at radius 1 is 0.593 bits per heavy atom. The predicted molar refractivity (Wildman–Crippen MR) is 111 cm³/mol. The van der Waals surface area contributed by atoms with Crippen LogP contribution in [0.2, 0.25) is 0 Å². The van der Waals surface area contributed by atoms with Gasteiger partial charge in [0.1, 0.15) is 0 Å². The molecule has 2 aliphatic carbocycles. The van der Waals surface area contributed by atoms with E-state index in [4.69, 9.17) is 0 Å². The highest BCUT2D eigenvalue weighted by Crippen LogP contribution is 2.63. The minimum absolute atomic E-state index is 0.205. The van der Waals surface area contributed by atoms with Gasteiger partial charge in [-0.3, -0.25) is 0 Å². The summed E-state index contributed by atoms with van der Waals surface area (Å²) in [4.78, 5) is 0. The smallest absolute Gasteiger partial charge is 0.0637 e. The van der Waals surface area contributed by atoms with Crippen molar-refractivity contribution in [1.82, 2.24) is 0 Å². The number of hydrogen-bond donors (Lipinski definition) is 1. The molecule has 0 saturated heterocycles. The highest BCUT2D eigenvalue weighted by molar-refractivity contribution is 5.99. The molecule has 2 aliphatic rings. The molecule has 0 heterocycles. The third-order valence-electron chi connectivity index (χ3n) is 6.78. The Bertz CT molecular complexity index is 1140. The van der Waals surface area contributed by atoms with Gasteiger partial charge < -0.3 is 5.11 Å². The largest absolute Gasteiger partial charge is 0.390 e. The van der Waals surface area contributed by atoms with E-state index in [1.54, 1.807) is 0 Å². The summed E-state index contributed by atoms with van der Waals surface area (Å²) in [5.74, 6) is 0.783. The Morgan fingerprint density at radius 3 is 1.48 bits per heavy atom. The minimum atomic E-state index is -0.718. The second-order valence-electron chi connectivity index (χ2n) is 8.79. The fourth-order valence-corrected chi connectivity index (χ4v) is 5.76.